The van der Waals surface area contributed by atoms with Gasteiger partial charge in [0, 0.05) is 45.4 Å². The van der Waals surface area contributed by atoms with Gasteiger partial charge in [-0.05, 0) is 94.2 Å². The predicted octanol–water partition coefficient (Wildman–Crippen LogP) is 7.17. The van der Waals surface area contributed by atoms with Crippen molar-refractivity contribution in [3.8, 4) is 23.0 Å². The van der Waals surface area contributed by atoms with Gasteiger partial charge in [0.05, 0.1) is 55.9 Å². The number of hydrogen-bond donors (Lipinski definition) is 8. The molecule has 11 heteroatoms. The molecule has 330 valence electrons. The van der Waals surface area contributed by atoms with Crippen molar-refractivity contribution in [1.29, 1.82) is 0 Å². The highest BCUT2D eigenvalue weighted by atomic mass is 16.5. The molecule has 11 nitrogen and oxygen atoms in total. The van der Waals surface area contributed by atoms with Crippen LogP contribution in [0.4, 0.5) is 0 Å². The minimum Gasteiger partial charge on any atom is -0.504 e. The molecule has 5 rings (SSSR count). The molecule has 0 aliphatic heterocycles. The van der Waals surface area contributed by atoms with Crippen molar-refractivity contribution in [3.63, 3.8) is 0 Å². The third kappa shape index (κ3) is 8.75. The zero-order chi connectivity index (χ0) is 43.6. The molecule has 0 heterocycles. The van der Waals surface area contributed by atoms with Crippen LogP contribution < -0.4 is 10.6 Å². The summed E-state index contributed by atoms with van der Waals surface area (Å²) in [5.74, 6) is -0.719. The molecule has 8 atom stereocenters. The number of aromatic hydroxyl groups is 4. The van der Waals surface area contributed by atoms with Crippen LogP contribution in [-0.4, -0.2) is 99.1 Å². The summed E-state index contributed by atoms with van der Waals surface area (Å²) in [5, 5.41) is 75.3. The van der Waals surface area contributed by atoms with E-state index < -0.39 is 22.0 Å². The fraction of sp³-hybridized carbons (Fsp3) is 0.667. The van der Waals surface area contributed by atoms with Crippen molar-refractivity contribution in [2.24, 2.45) is 10.8 Å². The van der Waals surface area contributed by atoms with Crippen LogP contribution in [0.15, 0.2) is 49.7 Å². The third-order valence-electron chi connectivity index (χ3n) is 14.2. The standard InChI is InChI=1S/C48H74N2O9/c1-11-22-50-38-24-32-17-19-36(52)42(54)40(32)47(14-4)26-34(20-21-48(38,47)56)59-30-44(8,9)28-57-27-43(6,7)29-58-33(12-2)25-46(13-3)39-31(16-18-35(51)41(39)53)23-37(49-15-5)45(46,10)55/h11,15-19,33-34,37-38,49-56H,1,5,12-14,20-30H2,2-4,6-10H3. The number of aliphatic hydroxyl groups is 2. The summed E-state index contributed by atoms with van der Waals surface area (Å²) in [4.78, 5) is 0. The van der Waals surface area contributed by atoms with E-state index >= 15 is 0 Å². The Morgan fingerprint density at radius 2 is 1.42 bits per heavy atom. The highest BCUT2D eigenvalue weighted by Crippen LogP contribution is 2.59. The van der Waals surface area contributed by atoms with E-state index in [0.717, 1.165) is 11.1 Å². The Morgan fingerprint density at radius 3 is 2.00 bits per heavy atom. The lowest BCUT2D eigenvalue weighted by molar-refractivity contribution is -0.150. The Bertz CT molecular complexity index is 1790. The molecule has 0 bridgehead atoms. The summed E-state index contributed by atoms with van der Waals surface area (Å²) in [7, 11) is 0. The Labute approximate surface area is 352 Å². The lowest BCUT2D eigenvalue weighted by Crippen LogP contribution is -2.69. The summed E-state index contributed by atoms with van der Waals surface area (Å²) >= 11 is 0. The molecule has 1 fully saturated rings. The minimum absolute atomic E-state index is 0.152. The van der Waals surface area contributed by atoms with Gasteiger partial charge >= 0.3 is 0 Å². The van der Waals surface area contributed by atoms with Gasteiger partial charge in [-0.15, -0.1) is 6.58 Å². The number of phenolic OH excluding ortho intramolecular Hbond substituents is 4. The molecule has 3 aliphatic carbocycles. The molecule has 2 aromatic carbocycles. The Morgan fingerprint density at radius 1 is 0.831 bits per heavy atom. The lowest BCUT2D eigenvalue weighted by atomic mass is 9.51. The first-order chi connectivity index (χ1) is 27.7. The molecule has 8 N–H and O–H groups in total. The topological polar surface area (TPSA) is 173 Å². The van der Waals surface area contributed by atoms with Gasteiger partial charge in [-0.2, -0.15) is 0 Å². The van der Waals surface area contributed by atoms with Crippen molar-refractivity contribution in [3.05, 3.63) is 72.0 Å². The number of nitrogens with one attached hydrogen (secondary N) is 2. The highest BCUT2D eigenvalue weighted by molar-refractivity contribution is 5.58. The highest BCUT2D eigenvalue weighted by Gasteiger charge is 2.62. The van der Waals surface area contributed by atoms with Gasteiger partial charge in [0.15, 0.2) is 23.0 Å². The molecule has 1 saturated carbocycles. The van der Waals surface area contributed by atoms with E-state index in [0.29, 0.717) is 102 Å². The maximum atomic E-state index is 12.5. The van der Waals surface area contributed by atoms with E-state index in [9.17, 15) is 30.6 Å². The molecule has 59 heavy (non-hydrogen) atoms. The molecule has 0 aromatic heterocycles. The number of rotatable bonds is 20. The van der Waals surface area contributed by atoms with Gasteiger partial charge in [-0.1, -0.05) is 73.3 Å². The zero-order valence-corrected chi connectivity index (χ0v) is 37.0. The van der Waals surface area contributed by atoms with E-state index in [-0.39, 0.29) is 58.1 Å². The number of hydrogen-bond acceptors (Lipinski definition) is 11. The van der Waals surface area contributed by atoms with Crippen molar-refractivity contribution < 1.29 is 44.8 Å². The van der Waals surface area contributed by atoms with E-state index in [1.807, 2.05) is 26.0 Å². The molecule has 2 aromatic rings. The first kappa shape index (κ1) is 46.7. The van der Waals surface area contributed by atoms with E-state index in [1.165, 1.54) is 12.1 Å². The minimum atomic E-state index is -1.30. The van der Waals surface area contributed by atoms with Gasteiger partial charge in [0.1, 0.15) is 0 Å². The SMILES string of the molecule is C=CCNC1Cc2ccc(O)c(O)c2C2(CC)CC(OCC(C)(C)COCC(C)(C)COC(CC)CC3(CC)c4c(ccc(O)c4O)CC(NC=C)C3(C)O)CCC12O. The van der Waals surface area contributed by atoms with Crippen LogP contribution in [0.3, 0.4) is 0 Å². The number of fused-ring (bicyclic) bond motifs is 4. The molecular formula is C48H74N2O9. The number of ether oxygens (including phenoxy) is 3. The Kier molecular flexibility index (Phi) is 14.2. The first-order valence-electron chi connectivity index (χ1n) is 21.8. The summed E-state index contributed by atoms with van der Waals surface area (Å²) in [5.41, 5.74) is -1.86. The van der Waals surface area contributed by atoms with E-state index in [2.05, 4.69) is 58.4 Å². The van der Waals surface area contributed by atoms with E-state index in [1.54, 1.807) is 19.2 Å². The molecule has 0 radical (unpaired) electrons. The van der Waals surface area contributed by atoms with Gasteiger partial charge in [-0.3, -0.25) is 0 Å². The van der Waals surface area contributed by atoms with Crippen LogP contribution >= 0.6 is 0 Å². The summed E-state index contributed by atoms with van der Waals surface area (Å²) < 4.78 is 19.7. The van der Waals surface area contributed by atoms with Crippen LogP contribution in [-0.2, 0) is 37.9 Å². The average molecular weight is 823 g/mol. The maximum absolute atomic E-state index is 12.5. The third-order valence-corrected chi connectivity index (χ3v) is 14.2. The van der Waals surface area contributed by atoms with Gasteiger partial charge in [-0.25, -0.2) is 0 Å². The summed E-state index contributed by atoms with van der Waals surface area (Å²) in [6.45, 7) is 26.4. The van der Waals surface area contributed by atoms with Gasteiger partial charge in [0.25, 0.3) is 0 Å². The molecule has 0 amide bonds. The molecular weight excluding hydrogens is 749 g/mol. The monoisotopic (exact) mass is 823 g/mol. The molecule has 3 aliphatic rings. The molecule has 8 unspecified atom stereocenters. The summed E-state index contributed by atoms with van der Waals surface area (Å²) in [6.07, 6.45) is 7.80. The van der Waals surface area contributed by atoms with Gasteiger partial charge in [0.2, 0.25) is 0 Å². The number of phenols is 4. The Balaban J connectivity index is 1.21. The second kappa shape index (κ2) is 18.0. The van der Waals surface area contributed by atoms with Crippen LogP contribution in [0.2, 0.25) is 0 Å². The van der Waals surface area contributed by atoms with Crippen LogP contribution in [0.1, 0.15) is 123 Å². The second-order valence-corrected chi connectivity index (χ2v) is 19.5. The smallest absolute Gasteiger partial charge is 0.161 e. The average Bonchev–Trinajstić information content (AvgIpc) is 3.18. The van der Waals surface area contributed by atoms with Crippen LogP contribution in [0.25, 0.3) is 0 Å². The first-order valence-corrected chi connectivity index (χ1v) is 21.8. The van der Waals surface area contributed by atoms with Crippen molar-refractivity contribution in [2.45, 2.75) is 160 Å². The fourth-order valence-corrected chi connectivity index (χ4v) is 10.8. The lowest BCUT2D eigenvalue weighted by Gasteiger charge is -2.59. The largest absolute Gasteiger partial charge is 0.504 e. The predicted molar refractivity (Wildman–Crippen MR) is 232 cm³/mol. The normalized spacial score (nSPS) is 29.8. The van der Waals surface area contributed by atoms with Crippen molar-refractivity contribution in [1.82, 2.24) is 10.6 Å². The van der Waals surface area contributed by atoms with Crippen molar-refractivity contribution >= 4 is 0 Å². The second-order valence-electron chi connectivity index (χ2n) is 19.5. The van der Waals surface area contributed by atoms with Crippen LogP contribution in [0.5, 0.6) is 23.0 Å². The quantitative estimate of drug-likeness (QED) is 0.0503. The van der Waals surface area contributed by atoms with Gasteiger partial charge < -0.3 is 55.5 Å². The number of benzene rings is 2. The van der Waals surface area contributed by atoms with Crippen LogP contribution in [0, 0.1) is 10.8 Å². The van der Waals surface area contributed by atoms with E-state index in [4.69, 9.17) is 14.2 Å². The maximum Gasteiger partial charge on any atom is 0.161 e. The van der Waals surface area contributed by atoms with Crippen molar-refractivity contribution in [2.75, 3.05) is 33.0 Å². The summed E-state index contributed by atoms with van der Waals surface area (Å²) in [6, 6.07) is 6.13. The Hall–Kier alpha value is -3.32. The molecule has 0 spiro atoms. The fourth-order valence-electron chi connectivity index (χ4n) is 10.8. The zero-order valence-electron chi connectivity index (χ0n) is 37.0. The molecule has 0 saturated heterocycles.